The van der Waals surface area contributed by atoms with Crippen molar-refractivity contribution in [1.82, 2.24) is 0 Å². The Bertz CT molecular complexity index is 107. The van der Waals surface area contributed by atoms with Gasteiger partial charge in [0.05, 0.1) is 6.10 Å². The second-order valence-electron chi connectivity index (χ2n) is 2.65. The molecule has 1 saturated carbocycles. The van der Waals surface area contributed by atoms with Gasteiger partial charge in [0.15, 0.2) is 0 Å². The lowest BCUT2D eigenvalue weighted by Crippen LogP contribution is -2.42. The average Bonchev–Trinajstić information content (AvgIpc) is 1.63. The molecule has 0 radical (unpaired) electrons. The molecule has 0 aromatic heterocycles. The van der Waals surface area contributed by atoms with Gasteiger partial charge in [0, 0.05) is 12.8 Å². The molecule has 1 rings (SSSR count). The molecule has 0 aliphatic heterocycles. The second-order valence-corrected chi connectivity index (χ2v) is 2.65. The third-order valence-electron chi connectivity index (χ3n) is 1.57. The van der Waals surface area contributed by atoms with Crippen LogP contribution in [-0.4, -0.2) is 16.7 Å². The molecule has 0 amide bonds. The van der Waals surface area contributed by atoms with E-state index < -0.39 is 5.54 Å². The van der Waals surface area contributed by atoms with Crippen LogP contribution in [0.15, 0.2) is 5.18 Å². The molecule has 1 aliphatic rings. The highest BCUT2D eigenvalue weighted by Crippen LogP contribution is 2.34. The summed E-state index contributed by atoms with van der Waals surface area (Å²) in [6.07, 6.45) is 0.796. The van der Waals surface area contributed by atoms with Crippen LogP contribution in [0.3, 0.4) is 0 Å². The Morgan fingerprint density at radius 1 is 1.75 bits per heavy atom. The fourth-order valence-electron chi connectivity index (χ4n) is 1.03. The number of nitrogens with zero attached hydrogens (tertiary/aromatic N) is 1. The molecule has 0 aromatic carbocycles. The van der Waals surface area contributed by atoms with E-state index in [1.54, 1.807) is 6.92 Å². The quantitative estimate of drug-likeness (QED) is 0.510. The minimum atomic E-state index is -0.445. The lowest BCUT2D eigenvalue weighted by molar-refractivity contribution is 0.0327. The summed E-state index contributed by atoms with van der Waals surface area (Å²) in [5, 5.41) is 11.6. The van der Waals surface area contributed by atoms with Gasteiger partial charge in [-0.1, -0.05) is 5.18 Å². The number of hydrogen-bond donors (Lipinski definition) is 1. The average molecular weight is 115 g/mol. The fraction of sp³-hybridized carbons (Fsp3) is 1.00. The first-order chi connectivity index (χ1) is 3.66. The molecular weight excluding hydrogens is 106 g/mol. The molecule has 1 N–H and O–H groups in total. The van der Waals surface area contributed by atoms with Gasteiger partial charge in [-0.15, -0.1) is 0 Å². The first kappa shape index (κ1) is 5.69. The SMILES string of the molecule is CC1(N=O)CC(O)C1. The Hall–Kier alpha value is -0.440. The Morgan fingerprint density at radius 2 is 2.25 bits per heavy atom. The molecule has 0 heterocycles. The Labute approximate surface area is 47.7 Å². The van der Waals surface area contributed by atoms with E-state index in [0.29, 0.717) is 12.8 Å². The molecule has 1 aliphatic carbocycles. The van der Waals surface area contributed by atoms with Gasteiger partial charge in [-0.25, -0.2) is 0 Å². The van der Waals surface area contributed by atoms with E-state index in [4.69, 9.17) is 5.11 Å². The monoisotopic (exact) mass is 115 g/mol. The minimum Gasteiger partial charge on any atom is -0.393 e. The summed E-state index contributed by atoms with van der Waals surface area (Å²) in [6.45, 7) is 1.76. The van der Waals surface area contributed by atoms with E-state index in [2.05, 4.69) is 5.18 Å². The van der Waals surface area contributed by atoms with Crippen LogP contribution in [0.25, 0.3) is 0 Å². The highest BCUT2D eigenvalue weighted by Gasteiger charge is 2.40. The number of aliphatic hydroxyl groups excluding tert-OH is 1. The van der Waals surface area contributed by atoms with Gasteiger partial charge in [-0.2, -0.15) is 4.91 Å². The van der Waals surface area contributed by atoms with E-state index in [-0.39, 0.29) is 6.10 Å². The predicted octanol–water partition coefficient (Wildman–Crippen LogP) is 0.666. The van der Waals surface area contributed by atoms with Gasteiger partial charge < -0.3 is 5.11 Å². The van der Waals surface area contributed by atoms with Crippen LogP contribution in [-0.2, 0) is 0 Å². The van der Waals surface area contributed by atoms with Gasteiger partial charge in [-0.05, 0) is 6.92 Å². The summed E-state index contributed by atoms with van der Waals surface area (Å²) < 4.78 is 0. The molecule has 1 fully saturated rings. The summed E-state index contributed by atoms with van der Waals surface area (Å²) in [7, 11) is 0. The molecule has 3 heteroatoms. The van der Waals surface area contributed by atoms with E-state index >= 15 is 0 Å². The van der Waals surface area contributed by atoms with Crippen molar-refractivity contribution >= 4 is 0 Å². The van der Waals surface area contributed by atoms with Gasteiger partial charge in [-0.3, -0.25) is 0 Å². The van der Waals surface area contributed by atoms with E-state index in [1.165, 1.54) is 0 Å². The summed E-state index contributed by atoms with van der Waals surface area (Å²) >= 11 is 0. The molecule has 8 heavy (non-hydrogen) atoms. The van der Waals surface area contributed by atoms with Crippen LogP contribution in [0.1, 0.15) is 19.8 Å². The zero-order valence-electron chi connectivity index (χ0n) is 4.79. The lowest BCUT2D eigenvalue weighted by Gasteiger charge is -2.35. The van der Waals surface area contributed by atoms with Crippen molar-refractivity contribution in [2.75, 3.05) is 0 Å². The first-order valence-corrected chi connectivity index (χ1v) is 2.69. The maximum absolute atomic E-state index is 9.89. The van der Waals surface area contributed by atoms with Crippen LogP contribution in [0.5, 0.6) is 0 Å². The van der Waals surface area contributed by atoms with Crippen LogP contribution < -0.4 is 0 Å². The van der Waals surface area contributed by atoms with Crippen molar-refractivity contribution in [2.24, 2.45) is 5.18 Å². The molecular formula is C5H9NO2. The van der Waals surface area contributed by atoms with E-state index in [9.17, 15) is 4.91 Å². The van der Waals surface area contributed by atoms with E-state index in [1.807, 2.05) is 0 Å². The number of hydrogen-bond acceptors (Lipinski definition) is 3. The molecule has 0 bridgehead atoms. The normalized spacial score (nSPS) is 45.5. The van der Waals surface area contributed by atoms with Gasteiger partial charge in [0.25, 0.3) is 0 Å². The highest BCUT2D eigenvalue weighted by molar-refractivity contribution is 4.97. The van der Waals surface area contributed by atoms with Crippen molar-refractivity contribution in [2.45, 2.75) is 31.4 Å². The van der Waals surface area contributed by atoms with Crippen LogP contribution in [0.4, 0.5) is 0 Å². The zero-order chi connectivity index (χ0) is 6.20. The smallest absolute Gasteiger partial charge is 0.105 e. The second kappa shape index (κ2) is 1.52. The van der Waals surface area contributed by atoms with Crippen LogP contribution in [0.2, 0.25) is 0 Å². The van der Waals surface area contributed by atoms with Gasteiger partial charge in [0.1, 0.15) is 5.54 Å². The van der Waals surface area contributed by atoms with Crippen molar-refractivity contribution in [3.63, 3.8) is 0 Å². The third kappa shape index (κ3) is 0.733. The summed E-state index contributed by atoms with van der Waals surface area (Å²) in [6, 6.07) is 0. The molecule has 0 spiro atoms. The maximum Gasteiger partial charge on any atom is 0.105 e. The Morgan fingerprint density at radius 3 is 2.38 bits per heavy atom. The van der Waals surface area contributed by atoms with Crippen molar-refractivity contribution in [1.29, 1.82) is 0 Å². The van der Waals surface area contributed by atoms with E-state index in [0.717, 1.165) is 0 Å². The molecule has 0 unspecified atom stereocenters. The number of aliphatic hydroxyl groups is 1. The van der Waals surface area contributed by atoms with Crippen molar-refractivity contribution < 1.29 is 5.11 Å². The van der Waals surface area contributed by atoms with Crippen molar-refractivity contribution in [3.8, 4) is 0 Å². The first-order valence-electron chi connectivity index (χ1n) is 2.69. The number of rotatable bonds is 1. The lowest BCUT2D eigenvalue weighted by atomic mass is 9.77. The van der Waals surface area contributed by atoms with Gasteiger partial charge in [0.2, 0.25) is 0 Å². The molecule has 46 valence electrons. The molecule has 0 aromatic rings. The summed E-state index contributed by atoms with van der Waals surface area (Å²) in [5.41, 5.74) is -0.445. The Kier molecular flexibility index (Phi) is 1.08. The number of nitroso groups, excluding NO2 is 1. The standard InChI is InChI=1S/C5H9NO2/c1-5(6-8)2-4(7)3-5/h4,7H,2-3H2,1H3. The summed E-state index contributed by atoms with van der Waals surface area (Å²) in [4.78, 5) is 9.89. The van der Waals surface area contributed by atoms with Crippen LogP contribution in [0, 0.1) is 4.91 Å². The van der Waals surface area contributed by atoms with Crippen LogP contribution >= 0.6 is 0 Å². The molecule has 0 saturated heterocycles. The maximum atomic E-state index is 9.89. The largest absolute Gasteiger partial charge is 0.393 e. The summed E-state index contributed by atoms with van der Waals surface area (Å²) in [5.74, 6) is 0. The van der Waals surface area contributed by atoms with Gasteiger partial charge >= 0.3 is 0 Å². The Balaban J connectivity index is 2.40. The van der Waals surface area contributed by atoms with Crippen molar-refractivity contribution in [3.05, 3.63) is 4.91 Å². The fourth-order valence-corrected chi connectivity index (χ4v) is 1.03. The predicted molar refractivity (Wildman–Crippen MR) is 29.4 cm³/mol. The molecule has 3 nitrogen and oxygen atoms in total. The minimum absolute atomic E-state index is 0.280. The topological polar surface area (TPSA) is 49.7 Å². The third-order valence-corrected chi connectivity index (χ3v) is 1.57. The molecule has 0 atom stereocenters. The highest BCUT2D eigenvalue weighted by atomic mass is 16.3. The zero-order valence-corrected chi connectivity index (χ0v) is 4.79.